The summed E-state index contributed by atoms with van der Waals surface area (Å²) in [5, 5.41) is 9.21. The van der Waals surface area contributed by atoms with Gasteiger partial charge >= 0.3 is 0 Å². The quantitative estimate of drug-likeness (QED) is 0.898. The largest absolute Gasteiger partial charge is 0.361 e. The Kier molecular flexibility index (Phi) is 3.53. The van der Waals surface area contributed by atoms with Crippen molar-refractivity contribution in [3.63, 3.8) is 0 Å². The second-order valence-corrected chi connectivity index (χ2v) is 4.75. The van der Waals surface area contributed by atoms with Crippen molar-refractivity contribution in [2.45, 2.75) is 20.3 Å². The van der Waals surface area contributed by atoms with E-state index in [2.05, 4.69) is 15.5 Å². The lowest BCUT2D eigenvalue weighted by atomic mass is 10.3. The number of amides is 1. The van der Waals surface area contributed by atoms with Gasteiger partial charge in [0.05, 0.1) is 10.7 Å². The third-order valence-electron chi connectivity index (χ3n) is 2.19. The molecule has 5 nitrogen and oxygen atoms in total. The standard InChI is InChI=1S/C11H13N3O2S/c1-7-5-9(16-14-7)3-4-12-11(15)10-6-17-8(2)13-10/h5-6H,3-4H2,1-2H3,(H,12,15). The van der Waals surface area contributed by atoms with E-state index >= 15 is 0 Å². The van der Waals surface area contributed by atoms with Gasteiger partial charge in [-0.25, -0.2) is 4.98 Å². The number of hydrogen-bond donors (Lipinski definition) is 1. The van der Waals surface area contributed by atoms with Crippen LogP contribution >= 0.6 is 11.3 Å². The van der Waals surface area contributed by atoms with Crippen LogP contribution in [0.25, 0.3) is 0 Å². The van der Waals surface area contributed by atoms with Crippen LogP contribution in [0.4, 0.5) is 0 Å². The molecular weight excluding hydrogens is 238 g/mol. The highest BCUT2D eigenvalue weighted by Gasteiger charge is 2.09. The van der Waals surface area contributed by atoms with Crippen molar-refractivity contribution in [1.29, 1.82) is 0 Å². The molecule has 6 heteroatoms. The summed E-state index contributed by atoms with van der Waals surface area (Å²) in [6.07, 6.45) is 0.635. The van der Waals surface area contributed by atoms with Crippen LogP contribution in [0.2, 0.25) is 0 Å². The molecule has 0 radical (unpaired) electrons. The predicted octanol–water partition coefficient (Wildman–Crippen LogP) is 1.72. The summed E-state index contributed by atoms with van der Waals surface area (Å²) in [5.41, 5.74) is 1.32. The number of nitrogens with one attached hydrogen (secondary N) is 1. The zero-order valence-corrected chi connectivity index (χ0v) is 10.5. The zero-order valence-electron chi connectivity index (χ0n) is 9.69. The molecule has 2 aromatic rings. The van der Waals surface area contributed by atoms with Crippen LogP contribution in [0.15, 0.2) is 16.0 Å². The SMILES string of the molecule is Cc1cc(CCNC(=O)c2csc(C)n2)on1. The number of aryl methyl sites for hydroxylation is 2. The Balaban J connectivity index is 1.81. The molecule has 1 N–H and O–H groups in total. The van der Waals surface area contributed by atoms with Crippen molar-refractivity contribution < 1.29 is 9.32 Å². The fourth-order valence-electron chi connectivity index (χ4n) is 1.39. The van der Waals surface area contributed by atoms with Crippen LogP contribution in [-0.4, -0.2) is 22.6 Å². The highest BCUT2D eigenvalue weighted by molar-refractivity contribution is 7.09. The average molecular weight is 251 g/mol. The molecular formula is C11H13N3O2S. The molecule has 0 unspecified atom stereocenters. The fraction of sp³-hybridized carbons (Fsp3) is 0.364. The van der Waals surface area contributed by atoms with Gasteiger partial charge in [-0.1, -0.05) is 5.16 Å². The molecule has 0 bridgehead atoms. The van der Waals surface area contributed by atoms with Crippen LogP contribution in [0.5, 0.6) is 0 Å². The highest BCUT2D eigenvalue weighted by atomic mass is 32.1. The first-order chi connectivity index (χ1) is 8.15. The van der Waals surface area contributed by atoms with E-state index in [-0.39, 0.29) is 5.91 Å². The summed E-state index contributed by atoms with van der Waals surface area (Å²) in [5.74, 6) is 0.628. The number of hydrogen-bond acceptors (Lipinski definition) is 5. The average Bonchev–Trinajstić information content (AvgIpc) is 2.88. The summed E-state index contributed by atoms with van der Waals surface area (Å²) in [7, 11) is 0. The van der Waals surface area contributed by atoms with E-state index in [0.29, 0.717) is 18.7 Å². The molecule has 0 fully saturated rings. The molecule has 0 saturated heterocycles. The molecule has 0 aromatic carbocycles. The minimum absolute atomic E-state index is 0.148. The van der Waals surface area contributed by atoms with Crippen molar-refractivity contribution in [3.8, 4) is 0 Å². The summed E-state index contributed by atoms with van der Waals surface area (Å²) in [6, 6.07) is 1.86. The van der Waals surface area contributed by atoms with Gasteiger partial charge in [-0.3, -0.25) is 4.79 Å². The Morgan fingerprint density at radius 2 is 2.35 bits per heavy atom. The van der Waals surface area contributed by atoms with Crippen LogP contribution in [0.1, 0.15) is 27.0 Å². The predicted molar refractivity (Wildman–Crippen MR) is 64.1 cm³/mol. The smallest absolute Gasteiger partial charge is 0.270 e. The van der Waals surface area contributed by atoms with Crippen LogP contribution in [0.3, 0.4) is 0 Å². The van der Waals surface area contributed by atoms with Crippen molar-refractivity contribution in [1.82, 2.24) is 15.5 Å². The Morgan fingerprint density at radius 3 is 2.94 bits per heavy atom. The molecule has 90 valence electrons. The number of aromatic nitrogens is 2. The molecule has 0 atom stereocenters. The maximum absolute atomic E-state index is 11.6. The van der Waals surface area contributed by atoms with Crippen LogP contribution in [-0.2, 0) is 6.42 Å². The van der Waals surface area contributed by atoms with Gasteiger partial charge in [0.15, 0.2) is 0 Å². The van der Waals surface area contributed by atoms with Gasteiger partial charge in [0.2, 0.25) is 0 Å². The summed E-state index contributed by atoms with van der Waals surface area (Å²) >= 11 is 1.47. The minimum atomic E-state index is -0.148. The molecule has 2 heterocycles. The van der Waals surface area contributed by atoms with E-state index in [1.165, 1.54) is 11.3 Å². The van der Waals surface area contributed by atoms with Gasteiger partial charge in [0, 0.05) is 24.4 Å². The Morgan fingerprint density at radius 1 is 1.53 bits per heavy atom. The molecule has 0 spiro atoms. The lowest BCUT2D eigenvalue weighted by molar-refractivity contribution is 0.0949. The van der Waals surface area contributed by atoms with E-state index in [1.54, 1.807) is 5.38 Å². The maximum Gasteiger partial charge on any atom is 0.270 e. The van der Waals surface area contributed by atoms with E-state index in [0.717, 1.165) is 16.5 Å². The zero-order chi connectivity index (χ0) is 12.3. The van der Waals surface area contributed by atoms with Gasteiger partial charge in [-0.05, 0) is 13.8 Å². The molecule has 2 rings (SSSR count). The second-order valence-electron chi connectivity index (χ2n) is 3.69. The monoisotopic (exact) mass is 251 g/mol. The van der Waals surface area contributed by atoms with Gasteiger partial charge in [-0.15, -0.1) is 11.3 Å². The van der Waals surface area contributed by atoms with Gasteiger partial charge in [0.1, 0.15) is 11.5 Å². The molecule has 0 aliphatic rings. The van der Waals surface area contributed by atoms with Crippen molar-refractivity contribution in [3.05, 3.63) is 33.6 Å². The normalized spacial score (nSPS) is 10.5. The number of thiazole rings is 1. The van der Waals surface area contributed by atoms with Crippen LogP contribution in [0, 0.1) is 13.8 Å². The molecule has 1 amide bonds. The number of carbonyl (C=O) groups is 1. The summed E-state index contributed by atoms with van der Waals surface area (Å²) < 4.78 is 5.04. The molecule has 0 aliphatic carbocycles. The van der Waals surface area contributed by atoms with E-state index < -0.39 is 0 Å². The number of nitrogens with zero attached hydrogens (tertiary/aromatic N) is 2. The van der Waals surface area contributed by atoms with Gasteiger partial charge in [0.25, 0.3) is 5.91 Å². The topological polar surface area (TPSA) is 68.0 Å². The summed E-state index contributed by atoms with van der Waals surface area (Å²) in [6.45, 7) is 4.26. The number of carbonyl (C=O) groups excluding carboxylic acids is 1. The van der Waals surface area contributed by atoms with E-state index in [9.17, 15) is 4.79 Å². The minimum Gasteiger partial charge on any atom is -0.361 e. The Labute approximate surface area is 103 Å². The van der Waals surface area contributed by atoms with Crippen molar-refractivity contribution in [2.75, 3.05) is 6.54 Å². The Bertz CT molecular complexity index is 518. The summed E-state index contributed by atoms with van der Waals surface area (Å²) in [4.78, 5) is 15.8. The third-order valence-corrected chi connectivity index (χ3v) is 2.96. The van der Waals surface area contributed by atoms with Crippen LogP contribution < -0.4 is 5.32 Å². The first-order valence-electron chi connectivity index (χ1n) is 5.27. The van der Waals surface area contributed by atoms with Crippen molar-refractivity contribution in [2.24, 2.45) is 0 Å². The lowest BCUT2D eigenvalue weighted by Crippen LogP contribution is -2.25. The molecule has 17 heavy (non-hydrogen) atoms. The number of rotatable bonds is 4. The molecule has 2 aromatic heterocycles. The van der Waals surface area contributed by atoms with E-state index in [4.69, 9.17) is 4.52 Å². The third kappa shape index (κ3) is 3.13. The fourth-order valence-corrected chi connectivity index (χ4v) is 1.98. The van der Waals surface area contributed by atoms with E-state index in [1.807, 2.05) is 19.9 Å². The highest BCUT2D eigenvalue weighted by Crippen LogP contribution is 2.07. The first-order valence-corrected chi connectivity index (χ1v) is 6.15. The van der Waals surface area contributed by atoms with Gasteiger partial charge in [-0.2, -0.15) is 0 Å². The second kappa shape index (κ2) is 5.09. The van der Waals surface area contributed by atoms with Crippen molar-refractivity contribution >= 4 is 17.2 Å². The molecule has 0 saturated carbocycles. The first kappa shape index (κ1) is 11.8. The molecule has 0 aliphatic heterocycles. The van der Waals surface area contributed by atoms with Gasteiger partial charge < -0.3 is 9.84 Å². The lowest BCUT2D eigenvalue weighted by Gasteiger charge is -2.00. The maximum atomic E-state index is 11.6. The Hall–Kier alpha value is -1.69.